The number of aryl methyl sites for hydroxylation is 1. The Morgan fingerprint density at radius 1 is 1.40 bits per heavy atom. The quantitative estimate of drug-likeness (QED) is 0.841. The van der Waals surface area contributed by atoms with E-state index in [1.165, 1.54) is 11.3 Å². The van der Waals surface area contributed by atoms with E-state index in [0.717, 1.165) is 22.7 Å². The van der Waals surface area contributed by atoms with E-state index in [1.54, 1.807) is 6.20 Å². The first kappa shape index (κ1) is 10.0. The van der Waals surface area contributed by atoms with Crippen LogP contribution in [0.15, 0.2) is 11.6 Å². The van der Waals surface area contributed by atoms with Crippen molar-refractivity contribution in [3.63, 3.8) is 0 Å². The summed E-state index contributed by atoms with van der Waals surface area (Å²) in [5.41, 5.74) is 7.79. The molecule has 0 unspecified atom stereocenters. The highest BCUT2D eigenvalue weighted by atomic mass is 32.1. The fourth-order valence-electron chi connectivity index (χ4n) is 1.36. The van der Waals surface area contributed by atoms with Gasteiger partial charge in [0, 0.05) is 22.8 Å². The summed E-state index contributed by atoms with van der Waals surface area (Å²) in [4.78, 5) is 12.9. The minimum atomic E-state index is 0.548. The zero-order valence-electron chi connectivity index (χ0n) is 8.69. The molecule has 2 rings (SSSR count). The third-order valence-electron chi connectivity index (χ3n) is 2.24. The van der Waals surface area contributed by atoms with Gasteiger partial charge in [0.2, 0.25) is 0 Å². The second-order valence-corrected chi connectivity index (χ2v) is 4.09. The average molecular weight is 220 g/mol. The van der Waals surface area contributed by atoms with Gasteiger partial charge in [0.15, 0.2) is 10.8 Å². The molecule has 15 heavy (non-hydrogen) atoms. The zero-order valence-corrected chi connectivity index (χ0v) is 9.51. The smallest absolute Gasteiger partial charge is 0.190 e. The lowest BCUT2D eigenvalue weighted by Gasteiger charge is -2.06. The van der Waals surface area contributed by atoms with Crippen molar-refractivity contribution in [3.8, 4) is 10.8 Å². The molecule has 0 aliphatic carbocycles. The summed E-state index contributed by atoms with van der Waals surface area (Å²) >= 11 is 1.52. The Balaban J connectivity index is 2.55. The topological polar surface area (TPSA) is 64.7 Å². The van der Waals surface area contributed by atoms with E-state index in [-0.39, 0.29) is 0 Å². The van der Waals surface area contributed by atoms with Crippen molar-refractivity contribution in [2.75, 3.05) is 5.73 Å². The first-order chi connectivity index (χ1) is 7.22. The summed E-state index contributed by atoms with van der Waals surface area (Å²) < 4.78 is 0. The van der Waals surface area contributed by atoms with E-state index in [2.05, 4.69) is 21.9 Å². The van der Waals surface area contributed by atoms with Crippen LogP contribution in [-0.4, -0.2) is 15.0 Å². The molecule has 0 bridgehead atoms. The monoisotopic (exact) mass is 220 g/mol. The highest BCUT2D eigenvalue weighted by Gasteiger charge is 2.10. The first-order valence-electron chi connectivity index (χ1n) is 4.75. The van der Waals surface area contributed by atoms with Gasteiger partial charge in [-0.15, -0.1) is 11.3 Å². The van der Waals surface area contributed by atoms with Crippen LogP contribution in [0.5, 0.6) is 0 Å². The van der Waals surface area contributed by atoms with Crippen molar-refractivity contribution in [2.45, 2.75) is 20.3 Å². The lowest BCUT2D eigenvalue weighted by molar-refractivity contribution is 0.980. The maximum absolute atomic E-state index is 5.83. The van der Waals surface area contributed by atoms with Crippen LogP contribution in [0.2, 0.25) is 0 Å². The fraction of sp³-hybridized carbons (Fsp3) is 0.300. The van der Waals surface area contributed by atoms with Crippen molar-refractivity contribution in [1.82, 2.24) is 15.0 Å². The molecule has 0 atom stereocenters. The van der Waals surface area contributed by atoms with E-state index in [4.69, 9.17) is 5.73 Å². The molecule has 5 heteroatoms. The molecule has 0 amide bonds. The molecule has 0 aromatic carbocycles. The number of aromatic nitrogens is 3. The normalized spacial score (nSPS) is 10.5. The van der Waals surface area contributed by atoms with Gasteiger partial charge in [-0.2, -0.15) is 0 Å². The van der Waals surface area contributed by atoms with Crippen LogP contribution in [0.1, 0.15) is 18.2 Å². The molecule has 0 aliphatic heterocycles. The van der Waals surface area contributed by atoms with Crippen LogP contribution < -0.4 is 5.73 Å². The predicted octanol–water partition coefficient (Wildman–Crippen LogP) is 2.05. The van der Waals surface area contributed by atoms with E-state index in [9.17, 15) is 0 Å². The molecule has 2 aromatic rings. The number of hydrogen-bond donors (Lipinski definition) is 1. The van der Waals surface area contributed by atoms with Crippen molar-refractivity contribution in [1.29, 1.82) is 0 Å². The van der Waals surface area contributed by atoms with Crippen LogP contribution >= 0.6 is 11.3 Å². The number of anilines is 1. The van der Waals surface area contributed by atoms with Gasteiger partial charge < -0.3 is 5.73 Å². The van der Waals surface area contributed by atoms with Crippen LogP contribution in [0, 0.1) is 6.92 Å². The third kappa shape index (κ3) is 1.83. The number of thiazole rings is 1. The van der Waals surface area contributed by atoms with Gasteiger partial charge in [0.1, 0.15) is 5.82 Å². The minimum absolute atomic E-state index is 0.548. The van der Waals surface area contributed by atoms with Crippen molar-refractivity contribution >= 4 is 17.2 Å². The lowest BCUT2D eigenvalue weighted by Crippen LogP contribution is -2.03. The summed E-state index contributed by atoms with van der Waals surface area (Å²) in [6.45, 7) is 4.00. The summed E-state index contributed by atoms with van der Waals surface area (Å²) in [5, 5.41) is 2.72. The molecule has 0 saturated heterocycles. The molecule has 4 nitrogen and oxygen atoms in total. The van der Waals surface area contributed by atoms with E-state index < -0.39 is 0 Å². The van der Waals surface area contributed by atoms with Gasteiger partial charge in [-0.3, -0.25) is 0 Å². The van der Waals surface area contributed by atoms with Crippen molar-refractivity contribution < 1.29 is 0 Å². The molecule has 2 N–H and O–H groups in total. The predicted molar refractivity (Wildman–Crippen MR) is 61.7 cm³/mol. The van der Waals surface area contributed by atoms with Crippen LogP contribution in [-0.2, 0) is 6.42 Å². The second kappa shape index (κ2) is 3.94. The van der Waals surface area contributed by atoms with Crippen LogP contribution in [0.25, 0.3) is 10.8 Å². The Morgan fingerprint density at radius 2 is 2.20 bits per heavy atom. The van der Waals surface area contributed by atoms with Crippen molar-refractivity contribution in [3.05, 3.63) is 22.8 Å². The van der Waals surface area contributed by atoms with Gasteiger partial charge in [0.05, 0.1) is 0 Å². The molecule has 0 radical (unpaired) electrons. The van der Waals surface area contributed by atoms with E-state index >= 15 is 0 Å². The first-order valence-corrected chi connectivity index (χ1v) is 5.63. The maximum Gasteiger partial charge on any atom is 0.190 e. The van der Waals surface area contributed by atoms with Crippen LogP contribution in [0.4, 0.5) is 5.82 Å². The zero-order chi connectivity index (χ0) is 10.8. The molecule has 0 fully saturated rings. The number of hydrogen-bond acceptors (Lipinski definition) is 5. The lowest BCUT2D eigenvalue weighted by atomic mass is 10.2. The molecule has 78 valence electrons. The largest absolute Gasteiger partial charge is 0.383 e. The summed E-state index contributed by atoms with van der Waals surface area (Å²) in [6, 6.07) is 0. The number of nitrogens with zero attached hydrogens (tertiary/aromatic N) is 3. The number of rotatable bonds is 2. The Hall–Kier alpha value is -1.49. The Morgan fingerprint density at radius 3 is 2.80 bits per heavy atom. The maximum atomic E-state index is 5.83. The summed E-state index contributed by atoms with van der Waals surface area (Å²) in [5.74, 6) is 1.18. The van der Waals surface area contributed by atoms with Gasteiger partial charge in [-0.05, 0) is 13.3 Å². The summed E-state index contributed by atoms with van der Waals surface area (Å²) in [6.07, 6.45) is 2.60. The Labute approximate surface area is 92.2 Å². The number of nitrogen functional groups attached to an aromatic ring is 1. The molecular formula is C10H12N4S. The average Bonchev–Trinajstić information content (AvgIpc) is 2.75. The molecular weight excluding hydrogens is 208 g/mol. The summed E-state index contributed by atoms with van der Waals surface area (Å²) in [7, 11) is 0. The van der Waals surface area contributed by atoms with Crippen LogP contribution in [0.3, 0.4) is 0 Å². The highest BCUT2D eigenvalue weighted by molar-refractivity contribution is 7.13. The molecule has 2 aromatic heterocycles. The molecule has 2 heterocycles. The molecule has 0 saturated carbocycles. The minimum Gasteiger partial charge on any atom is -0.383 e. The fourth-order valence-corrected chi connectivity index (χ4v) is 1.93. The molecule has 0 spiro atoms. The second-order valence-electron chi connectivity index (χ2n) is 3.19. The van der Waals surface area contributed by atoms with E-state index in [1.807, 2.05) is 12.3 Å². The van der Waals surface area contributed by atoms with Gasteiger partial charge in [-0.1, -0.05) is 6.92 Å². The SMILES string of the molecule is CCc1nc(-c2nccs2)nc(N)c1C. The van der Waals surface area contributed by atoms with Gasteiger partial charge in [-0.25, -0.2) is 15.0 Å². The highest BCUT2D eigenvalue weighted by Crippen LogP contribution is 2.21. The van der Waals surface area contributed by atoms with Gasteiger partial charge >= 0.3 is 0 Å². The number of nitrogens with two attached hydrogens (primary N) is 1. The van der Waals surface area contributed by atoms with Gasteiger partial charge in [0.25, 0.3) is 0 Å². The van der Waals surface area contributed by atoms with Crippen molar-refractivity contribution in [2.24, 2.45) is 0 Å². The van der Waals surface area contributed by atoms with E-state index in [0.29, 0.717) is 11.6 Å². The molecule has 0 aliphatic rings. The third-order valence-corrected chi connectivity index (χ3v) is 3.01. The Bertz CT molecular complexity index is 465. The Kier molecular flexibility index (Phi) is 2.64. The standard InChI is InChI=1S/C10H12N4S/c1-3-7-6(2)8(11)14-9(13-7)10-12-4-5-15-10/h4-5H,3H2,1-2H3,(H2,11,13,14).